The van der Waals surface area contributed by atoms with Crippen LogP contribution in [0.5, 0.6) is 11.8 Å². The van der Waals surface area contributed by atoms with E-state index in [0.29, 0.717) is 55.1 Å². The fourth-order valence-corrected chi connectivity index (χ4v) is 7.25. The maximum absolute atomic E-state index is 14.0. The van der Waals surface area contributed by atoms with Crippen LogP contribution < -0.4 is 14.4 Å². The van der Waals surface area contributed by atoms with Gasteiger partial charge in [-0.15, -0.1) is 0 Å². The van der Waals surface area contributed by atoms with Crippen molar-refractivity contribution in [1.82, 2.24) is 19.8 Å². The fraction of sp³-hybridized carbons (Fsp3) is 0.389. The van der Waals surface area contributed by atoms with Crippen LogP contribution in [0.4, 0.5) is 10.2 Å². The summed E-state index contributed by atoms with van der Waals surface area (Å²) in [4.78, 5) is 31.8. The van der Waals surface area contributed by atoms with Crippen LogP contribution in [0.2, 0.25) is 5.02 Å². The number of carbonyl (C=O) groups is 1. The largest absolute Gasteiger partial charge is 0.492 e. The summed E-state index contributed by atoms with van der Waals surface area (Å²) in [6, 6.07) is 13.8. The first kappa shape index (κ1) is 32.1. The van der Waals surface area contributed by atoms with Gasteiger partial charge < -0.3 is 28.9 Å². The minimum Gasteiger partial charge on any atom is -0.492 e. The highest BCUT2D eigenvalue weighted by atomic mass is 35.5. The number of fused-ring (bicyclic) bond motifs is 4. The van der Waals surface area contributed by atoms with Crippen LogP contribution >= 0.6 is 11.6 Å². The molecular weight excluding hydrogens is 635 g/mol. The van der Waals surface area contributed by atoms with Gasteiger partial charge in [0.05, 0.1) is 36.8 Å². The number of piperazine rings is 1. The van der Waals surface area contributed by atoms with Crippen LogP contribution in [0, 0.1) is 6.57 Å². The number of likely N-dealkylation sites (N-methyl/N-ethyl adjacent to an activating group) is 1. The molecule has 0 aliphatic carbocycles. The molecule has 0 radical (unpaired) electrons. The topological polar surface area (TPSA) is 84.6 Å². The van der Waals surface area contributed by atoms with E-state index in [4.69, 9.17) is 42.4 Å². The number of halogens is 2. The SMILES string of the molecule is [C-]#[N+]C[C@H]1CN(c2nc(OC[C@@H]3COCCN3C)nc3cc(-c4cccc5cccc(Cl)c45)c4c(c23)OCCC4)CCN1C(=O)C(=C)F. The highest BCUT2D eigenvalue weighted by molar-refractivity contribution is 6.36. The monoisotopic (exact) mass is 670 g/mol. The Hall–Kier alpha value is -4.50. The smallest absolute Gasteiger partial charge is 0.319 e. The fourth-order valence-electron chi connectivity index (χ4n) is 6.96. The predicted octanol–water partition coefficient (Wildman–Crippen LogP) is 5.56. The molecule has 0 spiro atoms. The zero-order chi connectivity index (χ0) is 33.4. The molecular formula is C36H36ClFN6O4. The molecule has 4 heterocycles. The van der Waals surface area contributed by atoms with E-state index >= 15 is 0 Å². The third kappa shape index (κ3) is 6.00. The van der Waals surface area contributed by atoms with E-state index in [2.05, 4.69) is 40.6 Å². The van der Waals surface area contributed by atoms with Crippen LogP contribution in [0.1, 0.15) is 12.0 Å². The number of nitrogens with zero attached hydrogens (tertiary/aromatic N) is 6. The third-order valence-corrected chi connectivity index (χ3v) is 9.79. The van der Waals surface area contributed by atoms with E-state index in [1.807, 2.05) is 30.1 Å². The second-order valence-electron chi connectivity index (χ2n) is 12.4. The Morgan fingerprint density at radius 3 is 2.75 bits per heavy atom. The Kier molecular flexibility index (Phi) is 9.05. The number of hydrogen-bond donors (Lipinski definition) is 0. The molecule has 0 unspecified atom stereocenters. The van der Waals surface area contributed by atoms with Crippen molar-refractivity contribution in [3.05, 3.63) is 76.9 Å². The molecule has 4 aromatic rings. The summed E-state index contributed by atoms with van der Waals surface area (Å²) in [5, 5.41) is 3.39. The maximum Gasteiger partial charge on any atom is 0.319 e. The van der Waals surface area contributed by atoms with Gasteiger partial charge in [-0.25, -0.2) is 11.0 Å². The summed E-state index contributed by atoms with van der Waals surface area (Å²) in [7, 11) is 2.04. The summed E-state index contributed by atoms with van der Waals surface area (Å²) in [5.74, 6) is -0.540. The Morgan fingerprint density at radius 2 is 1.96 bits per heavy atom. The molecule has 2 saturated heterocycles. The number of benzene rings is 3. The zero-order valence-electron chi connectivity index (χ0n) is 26.8. The van der Waals surface area contributed by atoms with Gasteiger partial charge in [0.2, 0.25) is 6.54 Å². The lowest BCUT2D eigenvalue weighted by molar-refractivity contribution is -0.131. The average Bonchev–Trinajstić information content (AvgIpc) is 3.10. The van der Waals surface area contributed by atoms with Crippen molar-refractivity contribution in [3.63, 3.8) is 0 Å². The van der Waals surface area contributed by atoms with Gasteiger partial charge >= 0.3 is 6.01 Å². The lowest BCUT2D eigenvalue weighted by Crippen LogP contribution is -2.56. The first-order valence-electron chi connectivity index (χ1n) is 16.2. The van der Waals surface area contributed by atoms with E-state index in [9.17, 15) is 9.18 Å². The second-order valence-corrected chi connectivity index (χ2v) is 12.8. The normalized spacial score (nSPS) is 19.9. The van der Waals surface area contributed by atoms with Crippen LogP contribution in [0.3, 0.4) is 0 Å². The molecule has 2 fully saturated rings. The molecule has 248 valence electrons. The Bertz CT molecular complexity index is 1940. The number of anilines is 1. The number of hydrogen-bond acceptors (Lipinski definition) is 8. The molecule has 0 saturated carbocycles. The molecule has 10 nitrogen and oxygen atoms in total. The molecule has 0 N–H and O–H groups in total. The summed E-state index contributed by atoms with van der Waals surface area (Å²) in [6.07, 6.45) is 1.63. The van der Waals surface area contributed by atoms with Crippen molar-refractivity contribution < 1.29 is 23.4 Å². The number of amides is 1. The van der Waals surface area contributed by atoms with Crippen LogP contribution in [-0.4, -0.2) is 104 Å². The molecule has 3 aliphatic heterocycles. The minimum absolute atomic E-state index is 0.0104. The number of ether oxygens (including phenoxy) is 3. The van der Waals surface area contributed by atoms with Gasteiger partial charge in [-0.05, 0) is 48.5 Å². The Labute approximate surface area is 283 Å². The first-order valence-corrected chi connectivity index (χ1v) is 16.5. The van der Waals surface area contributed by atoms with Gasteiger partial charge in [-0.3, -0.25) is 9.69 Å². The first-order chi connectivity index (χ1) is 23.3. The van der Waals surface area contributed by atoms with Crippen molar-refractivity contribution in [2.24, 2.45) is 0 Å². The lowest BCUT2D eigenvalue weighted by Gasteiger charge is -2.40. The van der Waals surface area contributed by atoms with Crippen molar-refractivity contribution >= 4 is 45.0 Å². The van der Waals surface area contributed by atoms with Gasteiger partial charge in [0, 0.05) is 42.2 Å². The van der Waals surface area contributed by atoms with Crippen molar-refractivity contribution in [2.45, 2.75) is 24.9 Å². The quantitative estimate of drug-likeness (QED) is 0.187. The van der Waals surface area contributed by atoms with Crippen LogP contribution in [0.25, 0.3) is 37.6 Å². The van der Waals surface area contributed by atoms with Gasteiger partial charge in [-0.2, -0.15) is 9.97 Å². The molecule has 2 atom stereocenters. The van der Waals surface area contributed by atoms with E-state index < -0.39 is 17.8 Å². The van der Waals surface area contributed by atoms with E-state index in [0.717, 1.165) is 52.2 Å². The van der Waals surface area contributed by atoms with Gasteiger partial charge in [0.15, 0.2) is 5.83 Å². The Morgan fingerprint density at radius 1 is 1.12 bits per heavy atom. The molecule has 12 heteroatoms. The van der Waals surface area contributed by atoms with Crippen molar-refractivity contribution in [2.75, 3.05) is 71.1 Å². The Balaban J connectivity index is 1.39. The molecule has 3 aliphatic rings. The molecule has 48 heavy (non-hydrogen) atoms. The predicted molar refractivity (Wildman–Crippen MR) is 183 cm³/mol. The standard InChI is InChI=1S/C36H36ClFN6O4/c1-22(38)35(45)44-13-12-43(19-24(44)18-39-2)34-32-30(40-36(41-34)48-21-25-20-46-16-14-42(25)3)17-28(27-10-6-15-47-33(27)32)26-9-4-7-23-8-5-11-29(37)31(23)26/h4-5,7-9,11,17,24-25H,1,6,10,12-16,18-21H2,3H3/t24-,25-/m0/s1. The maximum atomic E-state index is 14.0. The molecule has 3 aromatic carbocycles. The average molecular weight is 671 g/mol. The summed E-state index contributed by atoms with van der Waals surface area (Å²) in [6.45, 7) is 14.5. The third-order valence-electron chi connectivity index (χ3n) is 9.47. The van der Waals surface area contributed by atoms with Crippen LogP contribution in [-0.2, 0) is 16.0 Å². The lowest BCUT2D eigenvalue weighted by atomic mass is 9.89. The van der Waals surface area contributed by atoms with Crippen molar-refractivity contribution in [1.29, 1.82) is 0 Å². The highest BCUT2D eigenvalue weighted by Gasteiger charge is 2.36. The summed E-state index contributed by atoms with van der Waals surface area (Å²) < 4.78 is 32.4. The van der Waals surface area contributed by atoms with E-state index in [1.165, 1.54) is 4.90 Å². The minimum atomic E-state index is -1.04. The van der Waals surface area contributed by atoms with E-state index in [-0.39, 0.29) is 31.7 Å². The van der Waals surface area contributed by atoms with Gasteiger partial charge in [0.25, 0.3) is 5.91 Å². The van der Waals surface area contributed by atoms with Gasteiger partial charge in [0.1, 0.15) is 24.2 Å². The highest BCUT2D eigenvalue weighted by Crippen LogP contribution is 2.46. The number of rotatable bonds is 7. The molecule has 0 bridgehead atoms. The second kappa shape index (κ2) is 13.5. The number of carbonyl (C=O) groups excluding carboxylic acids is 1. The summed E-state index contributed by atoms with van der Waals surface area (Å²) >= 11 is 6.81. The van der Waals surface area contributed by atoms with Crippen molar-refractivity contribution in [3.8, 4) is 22.9 Å². The molecule has 1 amide bonds. The molecule has 7 rings (SSSR count). The van der Waals surface area contributed by atoms with E-state index in [1.54, 1.807) is 0 Å². The van der Waals surface area contributed by atoms with Crippen LogP contribution in [0.15, 0.2) is 54.9 Å². The van der Waals surface area contributed by atoms with Gasteiger partial charge in [-0.1, -0.05) is 48.5 Å². The number of aromatic nitrogens is 2. The molecule has 1 aromatic heterocycles. The summed E-state index contributed by atoms with van der Waals surface area (Å²) in [5.41, 5.74) is 3.65. The number of morpholine rings is 1. The zero-order valence-corrected chi connectivity index (χ0v) is 27.5.